The lowest BCUT2D eigenvalue weighted by Crippen LogP contribution is -2.36. The van der Waals surface area contributed by atoms with Crippen LogP contribution in [0.15, 0.2) is 12.1 Å². The van der Waals surface area contributed by atoms with Crippen molar-refractivity contribution in [2.75, 3.05) is 24.2 Å². The fourth-order valence-electron chi connectivity index (χ4n) is 1.48. The molecule has 7 nitrogen and oxygen atoms in total. The highest BCUT2D eigenvalue weighted by Gasteiger charge is 2.19. The first-order valence-corrected chi connectivity index (χ1v) is 5.04. The lowest BCUT2D eigenvalue weighted by molar-refractivity contribution is -0.384. The number of hydrogen-bond donors (Lipinski definition) is 2. The quantitative estimate of drug-likeness (QED) is 0.595. The van der Waals surface area contributed by atoms with Crippen molar-refractivity contribution in [1.82, 2.24) is 4.98 Å². The monoisotopic (exact) mass is 240 g/mol. The Morgan fingerprint density at radius 2 is 2.18 bits per heavy atom. The van der Waals surface area contributed by atoms with Crippen molar-refractivity contribution in [1.29, 1.82) is 0 Å². The minimum atomic E-state index is -0.921. The molecule has 94 valence electrons. The van der Waals surface area contributed by atoms with Crippen molar-refractivity contribution < 1.29 is 10.0 Å². The van der Waals surface area contributed by atoms with Crippen molar-refractivity contribution in [3.63, 3.8) is 0 Å². The minimum absolute atomic E-state index is 0.0804. The highest BCUT2D eigenvalue weighted by atomic mass is 16.6. The first-order valence-electron chi connectivity index (χ1n) is 5.04. The lowest BCUT2D eigenvalue weighted by Gasteiger charge is -2.26. The van der Waals surface area contributed by atoms with Gasteiger partial charge in [0.25, 0.3) is 5.69 Å². The molecule has 1 heterocycles. The highest BCUT2D eigenvalue weighted by Crippen LogP contribution is 2.22. The van der Waals surface area contributed by atoms with E-state index in [-0.39, 0.29) is 11.5 Å². The van der Waals surface area contributed by atoms with Crippen LogP contribution in [0.5, 0.6) is 0 Å². The summed E-state index contributed by atoms with van der Waals surface area (Å²) in [4.78, 5) is 15.7. The predicted octanol–water partition coefficient (Wildman–Crippen LogP) is 0.779. The van der Waals surface area contributed by atoms with Crippen molar-refractivity contribution in [2.24, 2.45) is 0 Å². The first-order chi connectivity index (χ1) is 7.69. The third kappa shape index (κ3) is 3.87. The molecule has 0 saturated carbocycles. The zero-order chi connectivity index (χ0) is 13.2. The highest BCUT2D eigenvalue weighted by molar-refractivity contribution is 5.53. The molecule has 0 fully saturated rings. The second-order valence-electron chi connectivity index (χ2n) is 4.53. The van der Waals surface area contributed by atoms with Gasteiger partial charge in [0.2, 0.25) is 0 Å². The Hall–Kier alpha value is -1.89. The van der Waals surface area contributed by atoms with Crippen LogP contribution in [-0.2, 0) is 0 Å². The van der Waals surface area contributed by atoms with E-state index in [2.05, 4.69) is 4.98 Å². The summed E-state index contributed by atoms with van der Waals surface area (Å²) in [5, 5.41) is 20.3. The summed E-state index contributed by atoms with van der Waals surface area (Å²) < 4.78 is 0. The van der Waals surface area contributed by atoms with E-state index in [1.165, 1.54) is 12.1 Å². The van der Waals surface area contributed by atoms with Gasteiger partial charge < -0.3 is 15.7 Å². The van der Waals surface area contributed by atoms with Gasteiger partial charge in [-0.2, -0.15) is 0 Å². The average Bonchev–Trinajstić information content (AvgIpc) is 2.13. The molecule has 7 heteroatoms. The standard InChI is InChI=1S/C10H16N4O3/c1-10(2,15)6-13(3)9-5-7(14(16)17)4-8(11)12-9/h4-5,15H,6H2,1-3H3,(H2,11,12). The molecule has 0 aliphatic carbocycles. The third-order valence-electron chi connectivity index (χ3n) is 2.04. The van der Waals surface area contributed by atoms with E-state index in [1.807, 2.05) is 0 Å². The Kier molecular flexibility index (Phi) is 3.52. The number of rotatable bonds is 4. The molecule has 17 heavy (non-hydrogen) atoms. The zero-order valence-electron chi connectivity index (χ0n) is 10.0. The minimum Gasteiger partial charge on any atom is -0.389 e. The summed E-state index contributed by atoms with van der Waals surface area (Å²) in [5.74, 6) is 0.440. The van der Waals surface area contributed by atoms with E-state index >= 15 is 0 Å². The van der Waals surface area contributed by atoms with Gasteiger partial charge in [0.1, 0.15) is 11.6 Å². The Morgan fingerprint density at radius 1 is 1.59 bits per heavy atom. The second kappa shape index (κ2) is 4.54. The fourth-order valence-corrected chi connectivity index (χ4v) is 1.48. The number of nitrogen functional groups attached to an aromatic ring is 1. The van der Waals surface area contributed by atoms with Gasteiger partial charge in [-0.1, -0.05) is 0 Å². The molecule has 0 aliphatic rings. The van der Waals surface area contributed by atoms with Gasteiger partial charge in [0.15, 0.2) is 0 Å². The molecule has 0 radical (unpaired) electrons. The molecular weight excluding hydrogens is 224 g/mol. The van der Waals surface area contributed by atoms with Crippen LogP contribution in [-0.4, -0.2) is 34.2 Å². The summed E-state index contributed by atoms with van der Waals surface area (Å²) in [5.41, 5.74) is 4.46. The van der Waals surface area contributed by atoms with Gasteiger partial charge in [-0.15, -0.1) is 0 Å². The Labute approximate surface area is 99.0 Å². The molecule has 3 N–H and O–H groups in total. The number of pyridine rings is 1. The Morgan fingerprint density at radius 3 is 2.65 bits per heavy atom. The first kappa shape index (κ1) is 13.2. The smallest absolute Gasteiger partial charge is 0.276 e. The van der Waals surface area contributed by atoms with Crippen LogP contribution in [0.3, 0.4) is 0 Å². The van der Waals surface area contributed by atoms with Crippen molar-refractivity contribution in [3.05, 3.63) is 22.2 Å². The normalized spacial score (nSPS) is 11.3. The van der Waals surface area contributed by atoms with E-state index in [0.29, 0.717) is 12.4 Å². The summed E-state index contributed by atoms with van der Waals surface area (Å²) in [7, 11) is 1.68. The molecule has 1 aromatic rings. The van der Waals surface area contributed by atoms with Gasteiger partial charge >= 0.3 is 0 Å². The van der Waals surface area contributed by atoms with Gasteiger partial charge in [-0.3, -0.25) is 10.1 Å². The molecule has 0 amide bonds. The molecule has 0 spiro atoms. The molecule has 1 aromatic heterocycles. The van der Waals surface area contributed by atoms with Gasteiger partial charge in [-0.25, -0.2) is 4.98 Å². The summed E-state index contributed by atoms with van der Waals surface area (Å²) in [6, 6.07) is 2.52. The topological polar surface area (TPSA) is 106 Å². The molecule has 0 atom stereocenters. The molecule has 0 unspecified atom stereocenters. The van der Waals surface area contributed by atoms with E-state index in [4.69, 9.17) is 5.73 Å². The largest absolute Gasteiger partial charge is 0.389 e. The molecule has 0 aromatic carbocycles. The van der Waals surface area contributed by atoms with E-state index in [0.717, 1.165) is 0 Å². The van der Waals surface area contributed by atoms with Gasteiger partial charge in [-0.05, 0) is 13.8 Å². The van der Waals surface area contributed by atoms with Crippen LogP contribution in [0, 0.1) is 10.1 Å². The van der Waals surface area contributed by atoms with Gasteiger partial charge in [0, 0.05) is 13.6 Å². The van der Waals surface area contributed by atoms with E-state index in [1.54, 1.807) is 25.8 Å². The molecule has 0 saturated heterocycles. The molecule has 0 bridgehead atoms. The van der Waals surface area contributed by atoms with Crippen LogP contribution < -0.4 is 10.6 Å². The predicted molar refractivity (Wildman–Crippen MR) is 64.9 cm³/mol. The number of likely N-dealkylation sites (N-methyl/N-ethyl adjacent to an activating group) is 1. The van der Waals surface area contributed by atoms with E-state index < -0.39 is 10.5 Å². The number of nitrogens with zero attached hydrogens (tertiary/aromatic N) is 3. The second-order valence-corrected chi connectivity index (χ2v) is 4.53. The van der Waals surface area contributed by atoms with Gasteiger partial charge in [0.05, 0.1) is 22.7 Å². The molecule has 1 rings (SSSR count). The zero-order valence-corrected chi connectivity index (χ0v) is 10.0. The molecular formula is C10H16N4O3. The van der Waals surface area contributed by atoms with Crippen LogP contribution in [0.4, 0.5) is 17.3 Å². The summed E-state index contributed by atoms with van der Waals surface area (Å²) in [6.07, 6.45) is 0. The van der Waals surface area contributed by atoms with Crippen molar-refractivity contribution in [2.45, 2.75) is 19.4 Å². The number of aliphatic hydroxyl groups is 1. The van der Waals surface area contributed by atoms with Crippen molar-refractivity contribution in [3.8, 4) is 0 Å². The van der Waals surface area contributed by atoms with Crippen LogP contribution in [0.2, 0.25) is 0 Å². The summed E-state index contributed by atoms with van der Waals surface area (Å²) >= 11 is 0. The fraction of sp³-hybridized carbons (Fsp3) is 0.500. The third-order valence-corrected chi connectivity index (χ3v) is 2.04. The molecule has 0 aliphatic heterocycles. The van der Waals surface area contributed by atoms with Crippen molar-refractivity contribution >= 4 is 17.3 Å². The Bertz CT molecular complexity index is 428. The average molecular weight is 240 g/mol. The number of hydrogen-bond acceptors (Lipinski definition) is 6. The maximum atomic E-state index is 10.7. The number of nitro groups is 1. The Balaban J connectivity index is 3.01. The number of nitrogens with two attached hydrogens (primary N) is 1. The number of aromatic nitrogens is 1. The van der Waals surface area contributed by atoms with E-state index in [9.17, 15) is 15.2 Å². The maximum absolute atomic E-state index is 10.7. The lowest BCUT2D eigenvalue weighted by atomic mass is 10.1. The van der Waals surface area contributed by atoms with Crippen LogP contribution in [0.25, 0.3) is 0 Å². The summed E-state index contributed by atoms with van der Waals surface area (Å²) in [6.45, 7) is 3.58. The van der Waals surface area contributed by atoms with Crippen LogP contribution in [0.1, 0.15) is 13.8 Å². The maximum Gasteiger partial charge on any atom is 0.276 e. The number of anilines is 2. The van der Waals surface area contributed by atoms with Crippen LogP contribution >= 0.6 is 0 Å². The SMILES string of the molecule is CN(CC(C)(C)O)c1cc([N+](=O)[O-])cc(N)n1.